The normalized spacial score (nSPS) is 11.2. The zero-order chi connectivity index (χ0) is 11.5. The van der Waals surface area contributed by atoms with Crippen LogP contribution >= 0.6 is 0 Å². The van der Waals surface area contributed by atoms with E-state index < -0.39 is 0 Å². The van der Waals surface area contributed by atoms with Crippen molar-refractivity contribution in [2.75, 3.05) is 19.8 Å². The summed E-state index contributed by atoms with van der Waals surface area (Å²) in [5, 5.41) is 0. The molecule has 3 heteroatoms. The number of carbonyl (C=O) groups is 1. The fourth-order valence-corrected chi connectivity index (χ4v) is 0.842. The summed E-state index contributed by atoms with van der Waals surface area (Å²) in [6.45, 7) is 8.71. The molecule has 0 aromatic carbocycles. The molecule has 0 atom stereocenters. The largest absolute Gasteiger partial charge is 0.462 e. The summed E-state index contributed by atoms with van der Waals surface area (Å²) >= 11 is 0. The molecule has 0 saturated heterocycles. The summed E-state index contributed by atoms with van der Waals surface area (Å²) in [7, 11) is 0. The Hall–Kier alpha value is -1.09. The van der Waals surface area contributed by atoms with Crippen molar-refractivity contribution in [3.05, 3.63) is 24.3 Å². The van der Waals surface area contributed by atoms with Crippen LogP contribution in [-0.2, 0) is 14.3 Å². The van der Waals surface area contributed by atoms with Crippen molar-refractivity contribution >= 4 is 5.97 Å². The van der Waals surface area contributed by atoms with Crippen LogP contribution in [0.4, 0.5) is 0 Å². The maximum atomic E-state index is 11.3. The quantitative estimate of drug-likeness (QED) is 0.268. The summed E-state index contributed by atoms with van der Waals surface area (Å²) in [6.07, 6.45) is 5.32. The zero-order valence-corrected chi connectivity index (χ0v) is 9.62. The molecule has 0 aliphatic rings. The lowest BCUT2D eigenvalue weighted by Gasteiger charge is -2.03. The summed E-state index contributed by atoms with van der Waals surface area (Å²) < 4.78 is 10.1. The molecular weight excluding hydrogens is 192 g/mol. The molecule has 0 aromatic rings. The third-order valence-corrected chi connectivity index (χ3v) is 1.80. The Bertz CT molecular complexity index is 219. The molecule has 86 valence electrons. The number of hydrogen-bond acceptors (Lipinski definition) is 3. The molecule has 0 saturated carbocycles. The molecule has 0 bridgehead atoms. The maximum absolute atomic E-state index is 11.3. The number of carbonyl (C=O) groups excluding carboxylic acids is 1. The first-order chi connectivity index (χ1) is 7.22. The summed E-state index contributed by atoms with van der Waals surface area (Å²) in [6, 6.07) is 0. The van der Waals surface area contributed by atoms with Gasteiger partial charge in [-0.3, -0.25) is 0 Å². The average molecular weight is 212 g/mol. The van der Waals surface area contributed by atoms with Gasteiger partial charge < -0.3 is 9.47 Å². The molecule has 0 rings (SSSR count). The number of esters is 1. The molecular formula is C12H20O3. The van der Waals surface area contributed by atoms with Crippen molar-refractivity contribution in [2.24, 2.45) is 0 Å². The molecule has 0 heterocycles. The highest BCUT2D eigenvalue weighted by Crippen LogP contribution is 1.98. The summed E-state index contributed by atoms with van der Waals surface area (Å²) in [4.78, 5) is 11.3. The Morgan fingerprint density at radius 2 is 2.13 bits per heavy atom. The Morgan fingerprint density at radius 1 is 1.40 bits per heavy atom. The van der Waals surface area contributed by atoms with Gasteiger partial charge in [-0.15, -0.1) is 6.58 Å². The highest BCUT2D eigenvalue weighted by molar-refractivity contribution is 5.87. The molecule has 0 N–H and O–H groups in total. The molecule has 0 spiro atoms. The second-order valence-electron chi connectivity index (χ2n) is 3.20. The van der Waals surface area contributed by atoms with Crippen LogP contribution in [0, 0.1) is 0 Å². The number of unbranched alkanes of at least 4 members (excludes halogenated alkanes) is 1. The van der Waals surface area contributed by atoms with Gasteiger partial charge >= 0.3 is 5.97 Å². The van der Waals surface area contributed by atoms with E-state index >= 15 is 0 Å². The van der Waals surface area contributed by atoms with Crippen molar-refractivity contribution in [2.45, 2.75) is 26.7 Å². The monoisotopic (exact) mass is 212 g/mol. The van der Waals surface area contributed by atoms with E-state index in [0.29, 0.717) is 25.4 Å². The van der Waals surface area contributed by atoms with Crippen molar-refractivity contribution in [1.29, 1.82) is 0 Å². The van der Waals surface area contributed by atoms with E-state index in [9.17, 15) is 4.79 Å². The first-order valence-electron chi connectivity index (χ1n) is 5.24. The molecule has 0 aromatic heterocycles. The third kappa shape index (κ3) is 7.94. The van der Waals surface area contributed by atoms with Crippen molar-refractivity contribution < 1.29 is 14.3 Å². The lowest BCUT2D eigenvalue weighted by atomic mass is 10.3. The Morgan fingerprint density at radius 3 is 2.73 bits per heavy atom. The fourth-order valence-electron chi connectivity index (χ4n) is 0.842. The molecule has 3 nitrogen and oxygen atoms in total. The molecule has 0 radical (unpaired) electrons. The predicted molar refractivity (Wildman–Crippen MR) is 60.6 cm³/mol. The van der Waals surface area contributed by atoms with Crippen LogP contribution in [0.5, 0.6) is 0 Å². The minimum atomic E-state index is -0.259. The number of hydrogen-bond donors (Lipinski definition) is 0. The van der Waals surface area contributed by atoms with Crippen LogP contribution < -0.4 is 0 Å². The van der Waals surface area contributed by atoms with E-state index in [1.807, 2.05) is 0 Å². The van der Waals surface area contributed by atoms with Crippen molar-refractivity contribution in [1.82, 2.24) is 0 Å². The fraction of sp³-hybridized carbons (Fsp3) is 0.583. The van der Waals surface area contributed by atoms with Gasteiger partial charge in [0.05, 0.1) is 19.8 Å². The first-order valence-corrected chi connectivity index (χ1v) is 5.24. The van der Waals surface area contributed by atoms with Crippen molar-refractivity contribution in [3.63, 3.8) is 0 Å². The van der Waals surface area contributed by atoms with Gasteiger partial charge in [0.1, 0.15) is 0 Å². The van der Waals surface area contributed by atoms with E-state index in [0.717, 1.165) is 12.8 Å². The zero-order valence-electron chi connectivity index (χ0n) is 9.62. The SMILES string of the molecule is C=CCOC/C=C(\C)C(=O)OCCCC. The summed E-state index contributed by atoms with van der Waals surface area (Å²) in [5.74, 6) is -0.259. The smallest absolute Gasteiger partial charge is 0.333 e. The topological polar surface area (TPSA) is 35.5 Å². The molecule has 0 amide bonds. The van der Waals surface area contributed by atoms with Gasteiger partial charge in [-0.1, -0.05) is 19.4 Å². The van der Waals surface area contributed by atoms with E-state index in [2.05, 4.69) is 13.5 Å². The lowest BCUT2D eigenvalue weighted by Crippen LogP contribution is -2.07. The standard InChI is InChI=1S/C12H20O3/c1-4-6-9-15-12(13)11(3)7-10-14-8-5-2/h5,7H,2,4,6,8-10H2,1,3H3/b11-7+. The van der Waals surface area contributed by atoms with Gasteiger partial charge in [0, 0.05) is 5.57 Å². The van der Waals surface area contributed by atoms with Gasteiger partial charge in [0.25, 0.3) is 0 Å². The van der Waals surface area contributed by atoms with Crippen LogP contribution in [0.2, 0.25) is 0 Å². The highest BCUT2D eigenvalue weighted by atomic mass is 16.5. The predicted octanol–water partition coefficient (Wildman–Crippen LogP) is 2.48. The van der Waals surface area contributed by atoms with Crippen LogP contribution in [0.1, 0.15) is 26.7 Å². The Balaban J connectivity index is 3.70. The van der Waals surface area contributed by atoms with Crippen LogP contribution in [0.3, 0.4) is 0 Å². The van der Waals surface area contributed by atoms with E-state index in [4.69, 9.17) is 9.47 Å². The minimum Gasteiger partial charge on any atom is -0.462 e. The highest BCUT2D eigenvalue weighted by Gasteiger charge is 2.03. The van der Waals surface area contributed by atoms with E-state index in [1.54, 1.807) is 19.1 Å². The van der Waals surface area contributed by atoms with Gasteiger partial charge in [-0.2, -0.15) is 0 Å². The average Bonchev–Trinajstić information content (AvgIpc) is 2.24. The van der Waals surface area contributed by atoms with Crippen LogP contribution in [-0.4, -0.2) is 25.8 Å². The number of ether oxygens (including phenoxy) is 2. The second kappa shape index (κ2) is 9.46. The van der Waals surface area contributed by atoms with Gasteiger partial charge in [0.2, 0.25) is 0 Å². The molecule has 15 heavy (non-hydrogen) atoms. The van der Waals surface area contributed by atoms with E-state index in [1.165, 1.54) is 0 Å². The number of rotatable bonds is 8. The minimum absolute atomic E-state index is 0.259. The Labute approximate surface area is 91.8 Å². The van der Waals surface area contributed by atoms with Crippen LogP contribution in [0.25, 0.3) is 0 Å². The lowest BCUT2D eigenvalue weighted by molar-refractivity contribution is -0.139. The molecule has 0 fully saturated rings. The van der Waals surface area contributed by atoms with Gasteiger partial charge in [-0.25, -0.2) is 4.79 Å². The molecule has 0 unspecified atom stereocenters. The van der Waals surface area contributed by atoms with Crippen LogP contribution in [0.15, 0.2) is 24.3 Å². The molecule has 0 aliphatic heterocycles. The second-order valence-corrected chi connectivity index (χ2v) is 3.20. The van der Waals surface area contributed by atoms with Gasteiger partial charge in [-0.05, 0) is 19.4 Å². The van der Waals surface area contributed by atoms with Gasteiger partial charge in [0.15, 0.2) is 0 Å². The first kappa shape index (κ1) is 13.9. The summed E-state index contributed by atoms with van der Waals surface area (Å²) in [5.41, 5.74) is 0.593. The Kier molecular flexibility index (Phi) is 8.78. The molecule has 0 aliphatic carbocycles. The third-order valence-electron chi connectivity index (χ3n) is 1.80. The maximum Gasteiger partial charge on any atom is 0.333 e. The van der Waals surface area contributed by atoms with E-state index in [-0.39, 0.29) is 5.97 Å². The van der Waals surface area contributed by atoms with Crippen molar-refractivity contribution in [3.8, 4) is 0 Å².